The molecule has 1 aromatic carbocycles. The van der Waals surface area contributed by atoms with Crippen LogP contribution in [0.1, 0.15) is 33.6 Å². The average Bonchev–Trinajstić information content (AvgIpc) is 2.93. The molecule has 1 aromatic rings. The fraction of sp³-hybridized carbons (Fsp3) is 0.500. The van der Waals surface area contributed by atoms with Gasteiger partial charge >= 0.3 is 6.09 Å². The molecule has 1 fully saturated rings. The van der Waals surface area contributed by atoms with Crippen LogP contribution in [0, 0.1) is 5.82 Å². The van der Waals surface area contributed by atoms with Crippen molar-refractivity contribution >= 4 is 17.7 Å². The molecule has 0 bridgehead atoms. The smallest absolute Gasteiger partial charge is 0.426 e. The van der Waals surface area contributed by atoms with Crippen molar-refractivity contribution in [3.05, 3.63) is 30.1 Å². The van der Waals surface area contributed by atoms with Crippen LogP contribution in [0.3, 0.4) is 0 Å². The first-order chi connectivity index (χ1) is 10.8. The molecule has 2 rings (SSSR count). The van der Waals surface area contributed by atoms with Crippen LogP contribution in [0.4, 0.5) is 14.9 Å². The number of benzene rings is 1. The van der Waals surface area contributed by atoms with Crippen molar-refractivity contribution in [2.75, 3.05) is 11.4 Å². The Kier molecular flexibility index (Phi) is 5.08. The number of amides is 2. The van der Waals surface area contributed by atoms with Gasteiger partial charge in [0.15, 0.2) is 0 Å². The summed E-state index contributed by atoms with van der Waals surface area (Å²) in [7, 11) is 0. The second kappa shape index (κ2) is 6.85. The summed E-state index contributed by atoms with van der Waals surface area (Å²) in [6.07, 6.45) is 0.804. The summed E-state index contributed by atoms with van der Waals surface area (Å²) in [5, 5.41) is 0. The van der Waals surface area contributed by atoms with E-state index < -0.39 is 17.7 Å². The lowest BCUT2D eigenvalue weighted by atomic mass is 10.2. The normalized spacial score (nSPS) is 17.7. The Morgan fingerprint density at radius 2 is 1.87 bits per heavy atom. The number of anilines is 1. The number of hydrazine groups is 1. The van der Waals surface area contributed by atoms with Crippen molar-refractivity contribution < 1.29 is 18.7 Å². The Balaban J connectivity index is 1.93. The van der Waals surface area contributed by atoms with Gasteiger partial charge in [-0.05, 0) is 57.9 Å². The number of nitrogens with zero attached hydrogens (tertiary/aromatic N) is 1. The summed E-state index contributed by atoms with van der Waals surface area (Å²) in [4.78, 5) is 25.7. The number of nitrogens with one attached hydrogen (secondary N) is 2. The van der Waals surface area contributed by atoms with Crippen molar-refractivity contribution in [1.82, 2.24) is 10.9 Å². The molecular weight excluding hydrogens is 301 g/mol. The Labute approximate surface area is 135 Å². The average molecular weight is 323 g/mol. The summed E-state index contributed by atoms with van der Waals surface area (Å²) in [5.41, 5.74) is 4.77. The van der Waals surface area contributed by atoms with Crippen LogP contribution in [0.5, 0.6) is 0 Å². The van der Waals surface area contributed by atoms with Gasteiger partial charge in [0.2, 0.25) is 0 Å². The molecule has 1 heterocycles. The molecule has 126 valence electrons. The Morgan fingerprint density at radius 3 is 2.48 bits per heavy atom. The standard InChI is InChI=1S/C16H22FN3O3/c1-16(2,3)23-15(22)19-18-14(21)13-5-4-10-20(13)12-8-6-11(17)7-9-12/h6-9,13H,4-5,10H2,1-3H3,(H,18,21)(H,19,22). The lowest BCUT2D eigenvalue weighted by molar-refractivity contribution is -0.123. The minimum Gasteiger partial charge on any atom is -0.443 e. The number of carbonyl (C=O) groups is 2. The monoisotopic (exact) mass is 323 g/mol. The molecule has 0 aromatic heterocycles. The largest absolute Gasteiger partial charge is 0.443 e. The van der Waals surface area contributed by atoms with E-state index in [1.807, 2.05) is 4.90 Å². The van der Waals surface area contributed by atoms with Crippen molar-refractivity contribution in [3.8, 4) is 0 Å². The summed E-state index contributed by atoms with van der Waals surface area (Å²) >= 11 is 0. The van der Waals surface area contributed by atoms with Crippen molar-refractivity contribution in [1.29, 1.82) is 0 Å². The lowest BCUT2D eigenvalue weighted by Crippen LogP contribution is -2.51. The first-order valence-electron chi connectivity index (χ1n) is 7.57. The molecule has 0 radical (unpaired) electrons. The van der Waals surface area contributed by atoms with Gasteiger partial charge in [0.05, 0.1) is 0 Å². The van der Waals surface area contributed by atoms with Crippen LogP contribution in [0.15, 0.2) is 24.3 Å². The maximum atomic E-state index is 13.0. The minimum atomic E-state index is -0.711. The van der Waals surface area contributed by atoms with Gasteiger partial charge in [-0.25, -0.2) is 14.6 Å². The van der Waals surface area contributed by atoms with Gasteiger partial charge in [-0.3, -0.25) is 10.2 Å². The first kappa shape index (κ1) is 17.1. The van der Waals surface area contributed by atoms with E-state index in [0.29, 0.717) is 13.0 Å². The van der Waals surface area contributed by atoms with E-state index >= 15 is 0 Å². The predicted octanol–water partition coefficient (Wildman–Crippen LogP) is 2.35. The highest BCUT2D eigenvalue weighted by molar-refractivity contribution is 5.87. The first-order valence-corrected chi connectivity index (χ1v) is 7.57. The van der Waals surface area contributed by atoms with E-state index in [4.69, 9.17) is 4.74 Å². The second-order valence-electron chi connectivity index (χ2n) is 6.44. The summed E-state index contributed by atoms with van der Waals surface area (Å²) < 4.78 is 18.1. The number of carbonyl (C=O) groups excluding carboxylic acids is 2. The topological polar surface area (TPSA) is 70.7 Å². The van der Waals surface area contributed by atoms with Crippen molar-refractivity contribution in [2.45, 2.75) is 45.3 Å². The molecule has 0 saturated carbocycles. The number of ether oxygens (including phenoxy) is 1. The molecule has 1 saturated heterocycles. The number of hydrogen-bond acceptors (Lipinski definition) is 4. The van der Waals surface area contributed by atoms with Crippen LogP contribution in [-0.2, 0) is 9.53 Å². The number of rotatable bonds is 2. The third-order valence-corrected chi connectivity index (χ3v) is 3.40. The van der Waals surface area contributed by atoms with E-state index in [2.05, 4.69) is 10.9 Å². The van der Waals surface area contributed by atoms with E-state index in [-0.39, 0.29) is 11.7 Å². The number of hydrogen-bond donors (Lipinski definition) is 2. The van der Waals surface area contributed by atoms with Gasteiger partial charge in [0, 0.05) is 12.2 Å². The molecule has 0 spiro atoms. The van der Waals surface area contributed by atoms with E-state index in [9.17, 15) is 14.0 Å². The minimum absolute atomic E-state index is 0.319. The van der Waals surface area contributed by atoms with Crippen molar-refractivity contribution in [2.24, 2.45) is 0 Å². The van der Waals surface area contributed by atoms with Crippen molar-refractivity contribution in [3.63, 3.8) is 0 Å². The fourth-order valence-corrected chi connectivity index (χ4v) is 2.48. The highest BCUT2D eigenvalue weighted by Crippen LogP contribution is 2.25. The van der Waals surface area contributed by atoms with Crippen LogP contribution in [-0.4, -0.2) is 30.2 Å². The number of halogens is 1. The van der Waals surface area contributed by atoms with Gasteiger partial charge in [0.25, 0.3) is 5.91 Å². The molecule has 1 atom stereocenters. The van der Waals surface area contributed by atoms with E-state index in [1.165, 1.54) is 12.1 Å². The summed E-state index contributed by atoms with van der Waals surface area (Å²) in [5.74, 6) is -0.641. The molecule has 2 amide bonds. The maximum absolute atomic E-state index is 13.0. The highest BCUT2D eigenvalue weighted by Gasteiger charge is 2.31. The Hall–Kier alpha value is -2.31. The van der Waals surface area contributed by atoms with Gasteiger partial charge in [-0.15, -0.1) is 0 Å². The second-order valence-corrected chi connectivity index (χ2v) is 6.44. The Bertz CT molecular complexity index is 569. The molecule has 1 aliphatic heterocycles. The molecule has 2 N–H and O–H groups in total. The Morgan fingerprint density at radius 1 is 1.22 bits per heavy atom. The molecule has 1 aliphatic rings. The van der Waals surface area contributed by atoms with Crippen LogP contribution < -0.4 is 15.8 Å². The molecule has 6 nitrogen and oxygen atoms in total. The molecule has 23 heavy (non-hydrogen) atoms. The van der Waals surface area contributed by atoms with Gasteiger partial charge < -0.3 is 9.64 Å². The summed E-state index contributed by atoms with van der Waals surface area (Å²) in [6, 6.07) is 5.60. The summed E-state index contributed by atoms with van der Waals surface area (Å²) in [6.45, 7) is 5.92. The van der Waals surface area contributed by atoms with Crippen LogP contribution in [0.25, 0.3) is 0 Å². The lowest BCUT2D eigenvalue weighted by Gasteiger charge is -2.26. The molecule has 1 unspecified atom stereocenters. The molecular formula is C16H22FN3O3. The SMILES string of the molecule is CC(C)(C)OC(=O)NNC(=O)C1CCCN1c1ccc(F)cc1. The van der Waals surface area contributed by atoms with Gasteiger partial charge in [-0.2, -0.15) is 0 Å². The van der Waals surface area contributed by atoms with Crippen LogP contribution in [0.2, 0.25) is 0 Å². The third-order valence-electron chi connectivity index (χ3n) is 3.40. The zero-order chi connectivity index (χ0) is 17.0. The van der Waals surface area contributed by atoms with Gasteiger partial charge in [0.1, 0.15) is 17.5 Å². The van der Waals surface area contributed by atoms with Gasteiger partial charge in [-0.1, -0.05) is 0 Å². The zero-order valence-electron chi connectivity index (χ0n) is 13.6. The fourth-order valence-electron chi connectivity index (χ4n) is 2.48. The quantitative estimate of drug-likeness (QED) is 0.820. The molecule has 0 aliphatic carbocycles. The molecule has 7 heteroatoms. The maximum Gasteiger partial charge on any atom is 0.426 e. The third kappa shape index (κ3) is 4.84. The van der Waals surface area contributed by atoms with Crippen LogP contribution >= 0.6 is 0 Å². The highest BCUT2D eigenvalue weighted by atomic mass is 19.1. The zero-order valence-corrected chi connectivity index (χ0v) is 13.6. The van der Waals surface area contributed by atoms with E-state index in [0.717, 1.165) is 12.1 Å². The van der Waals surface area contributed by atoms with E-state index in [1.54, 1.807) is 32.9 Å². The predicted molar refractivity (Wildman–Crippen MR) is 84.3 cm³/mol.